The summed E-state index contributed by atoms with van der Waals surface area (Å²) in [7, 11) is 0. The number of aliphatic hydroxyl groups is 7. The van der Waals surface area contributed by atoms with E-state index in [0.717, 1.165) is 0 Å². The number of carbonyl (C=O) groups is 3. The summed E-state index contributed by atoms with van der Waals surface area (Å²) in [6.45, 7) is 9.40. The molecule has 9 rings (SSSR count). The van der Waals surface area contributed by atoms with Crippen molar-refractivity contribution in [3.63, 3.8) is 0 Å². The van der Waals surface area contributed by atoms with Gasteiger partial charge < -0.3 is 151 Å². The standard InChI is InChI=1S/C66H110N12O31/c1-46(80)67-54-56(84)59(87)65(44-105-61(54)108-65)41-99-28-25-96-22-19-93-16-13-90-10-6-77-32-49(71-74-77)35-102-38-63(69-52(83)4-3-8-79,37-101-34-48-31-76(73-70-48)5-9-89-12-15-92-18-21-95-24-27-98-40-64-43-104-53(107-64)30-51(82)58(64)86)39-103-36-50-33-78(75-72-50)7-11-91-14-17-94-20-23-97-26-29-100-42-66-45-106-62(109-66)55(68-47(2)81)57(85)60(66)88/h31-33,51,53-62,79,82,84-88H,3-30,34-45H2,1-2H3,(H,67,80)(H,68,81)(H,69,83). The Bertz CT molecular complexity index is 2950. The van der Waals surface area contributed by atoms with E-state index in [1.54, 1.807) is 32.6 Å². The topological polar surface area (TPSA) is 515 Å². The lowest BCUT2D eigenvalue weighted by Crippen LogP contribution is -2.66. The summed E-state index contributed by atoms with van der Waals surface area (Å²) in [4.78, 5) is 36.6. The van der Waals surface area contributed by atoms with Crippen LogP contribution in [0.25, 0.3) is 0 Å². The minimum Gasteiger partial charge on any atom is -0.396 e. The Labute approximate surface area is 629 Å². The lowest BCUT2D eigenvalue weighted by molar-refractivity contribution is -0.238. The quantitative estimate of drug-likeness (QED) is 0.0235. The molecule has 6 saturated heterocycles. The van der Waals surface area contributed by atoms with Crippen molar-refractivity contribution in [2.75, 3.05) is 205 Å². The Hall–Kier alpha value is -5.29. The van der Waals surface area contributed by atoms with Gasteiger partial charge in [-0.3, -0.25) is 14.4 Å². The number of nitrogens with one attached hydrogen (secondary N) is 3. The average molecular weight is 1570 g/mol. The lowest BCUT2D eigenvalue weighted by atomic mass is 9.88. The van der Waals surface area contributed by atoms with Crippen molar-refractivity contribution in [2.45, 2.75) is 162 Å². The van der Waals surface area contributed by atoms with Gasteiger partial charge >= 0.3 is 0 Å². The molecule has 0 saturated carbocycles. The maximum absolute atomic E-state index is 13.6. The van der Waals surface area contributed by atoms with Crippen molar-refractivity contribution in [2.24, 2.45) is 0 Å². The second-order valence-corrected chi connectivity index (χ2v) is 26.9. The molecule has 14 atom stereocenters. The van der Waals surface area contributed by atoms with E-state index in [-0.39, 0.29) is 156 Å². The summed E-state index contributed by atoms with van der Waals surface area (Å²) in [6.07, 6.45) is -4.09. The zero-order valence-corrected chi connectivity index (χ0v) is 61.8. The fourth-order valence-corrected chi connectivity index (χ4v) is 12.4. The Kier molecular flexibility index (Phi) is 37.1. The van der Waals surface area contributed by atoms with Gasteiger partial charge in [-0.05, 0) is 6.42 Å². The van der Waals surface area contributed by atoms with Gasteiger partial charge in [-0.2, -0.15) is 0 Å². The molecule has 620 valence electrons. The van der Waals surface area contributed by atoms with Crippen LogP contribution in [0.5, 0.6) is 0 Å². The molecule has 0 radical (unpaired) electrons. The van der Waals surface area contributed by atoms with E-state index in [1.165, 1.54) is 13.8 Å². The number of hydrogen-bond donors (Lipinski definition) is 10. The van der Waals surface area contributed by atoms with Gasteiger partial charge in [0.25, 0.3) is 0 Å². The van der Waals surface area contributed by atoms with Crippen LogP contribution in [0.3, 0.4) is 0 Å². The Balaban J connectivity index is 0.651. The molecule has 9 heterocycles. The van der Waals surface area contributed by atoms with Crippen molar-refractivity contribution < 1.29 is 150 Å². The Morgan fingerprint density at radius 3 is 1.14 bits per heavy atom. The van der Waals surface area contributed by atoms with Crippen molar-refractivity contribution in [3.8, 4) is 0 Å². The molecule has 6 aliphatic heterocycles. The zero-order valence-electron chi connectivity index (χ0n) is 61.8. The van der Waals surface area contributed by atoms with Gasteiger partial charge in [0.15, 0.2) is 18.9 Å². The van der Waals surface area contributed by atoms with Crippen molar-refractivity contribution in [3.05, 3.63) is 35.7 Å². The van der Waals surface area contributed by atoms with Crippen LogP contribution in [0, 0.1) is 0 Å². The van der Waals surface area contributed by atoms with E-state index >= 15 is 0 Å². The molecular formula is C66H110N12O31. The van der Waals surface area contributed by atoms with Gasteiger partial charge in [0.1, 0.15) is 82.0 Å². The monoisotopic (exact) mass is 1570 g/mol. The molecule has 43 nitrogen and oxygen atoms in total. The van der Waals surface area contributed by atoms with E-state index in [4.69, 9.17) is 99.5 Å². The first-order valence-electron chi connectivity index (χ1n) is 36.7. The predicted molar refractivity (Wildman–Crippen MR) is 363 cm³/mol. The van der Waals surface area contributed by atoms with Gasteiger partial charge in [-0.1, -0.05) is 15.6 Å². The van der Waals surface area contributed by atoms with Gasteiger partial charge in [-0.15, -0.1) is 15.3 Å². The van der Waals surface area contributed by atoms with E-state index in [0.29, 0.717) is 142 Å². The van der Waals surface area contributed by atoms with Crippen LogP contribution in [0.2, 0.25) is 0 Å². The molecule has 3 amide bonds. The number of fused-ring (bicyclic) bond motifs is 6. The number of ether oxygens (including phenoxy) is 21. The highest BCUT2D eigenvalue weighted by Crippen LogP contribution is 2.40. The second kappa shape index (κ2) is 46.2. The summed E-state index contributed by atoms with van der Waals surface area (Å²) in [5.41, 5.74) is -3.42. The predicted octanol–water partition coefficient (Wildman–Crippen LogP) is -6.82. The Morgan fingerprint density at radius 1 is 0.459 bits per heavy atom. The molecule has 3 aromatic rings. The third-order valence-corrected chi connectivity index (χ3v) is 18.1. The third kappa shape index (κ3) is 27.8. The van der Waals surface area contributed by atoms with Crippen LogP contribution in [0.4, 0.5) is 0 Å². The number of hydrogen-bond acceptors (Lipinski definition) is 37. The largest absolute Gasteiger partial charge is 0.396 e. The number of rotatable bonds is 60. The maximum Gasteiger partial charge on any atom is 0.220 e. The fourth-order valence-electron chi connectivity index (χ4n) is 12.4. The smallest absolute Gasteiger partial charge is 0.220 e. The molecule has 0 spiro atoms. The van der Waals surface area contributed by atoms with E-state index in [2.05, 4.69) is 46.9 Å². The molecular weight excluding hydrogens is 1460 g/mol. The van der Waals surface area contributed by atoms with E-state index in [1.807, 2.05) is 0 Å². The van der Waals surface area contributed by atoms with Gasteiger partial charge in [0.05, 0.1) is 262 Å². The highest BCUT2D eigenvalue weighted by molar-refractivity contribution is 5.77. The number of carbonyl (C=O) groups excluding carboxylic acids is 3. The molecule has 109 heavy (non-hydrogen) atoms. The first-order valence-corrected chi connectivity index (χ1v) is 36.7. The van der Waals surface area contributed by atoms with Gasteiger partial charge in [0, 0.05) is 33.3 Å². The van der Waals surface area contributed by atoms with Crippen LogP contribution < -0.4 is 16.0 Å². The summed E-state index contributed by atoms with van der Waals surface area (Å²) in [6, 6.07) is -1.81. The maximum atomic E-state index is 13.6. The summed E-state index contributed by atoms with van der Waals surface area (Å²) in [5, 5.41) is 106. The van der Waals surface area contributed by atoms with Crippen LogP contribution in [0.15, 0.2) is 18.6 Å². The minimum absolute atomic E-state index is 0.00128. The molecule has 6 fully saturated rings. The van der Waals surface area contributed by atoms with Crippen LogP contribution in [0.1, 0.15) is 50.2 Å². The number of nitrogens with zero attached hydrogens (tertiary/aromatic N) is 9. The highest BCUT2D eigenvalue weighted by atomic mass is 16.8. The lowest BCUT2D eigenvalue weighted by Gasteiger charge is -2.42. The van der Waals surface area contributed by atoms with Crippen LogP contribution in [-0.2, 0) is 153 Å². The zero-order chi connectivity index (χ0) is 77.2. The van der Waals surface area contributed by atoms with Crippen LogP contribution >= 0.6 is 0 Å². The third-order valence-electron chi connectivity index (χ3n) is 18.1. The summed E-state index contributed by atoms with van der Waals surface area (Å²) in [5.74, 6) is -1.16. The molecule has 14 unspecified atom stereocenters. The summed E-state index contributed by atoms with van der Waals surface area (Å²) >= 11 is 0. The minimum atomic E-state index is -1.34. The Morgan fingerprint density at radius 2 is 0.789 bits per heavy atom. The average Bonchev–Trinajstić information content (AvgIpc) is 1.62. The molecule has 3 aromatic heterocycles. The number of aliphatic hydroxyl groups excluding tert-OH is 7. The van der Waals surface area contributed by atoms with Crippen molar-refractivity contribution >= 4 is 17.7 Å². The van der Waals surface area contributed by atoms with Gasteiger partial charge in [0.2, 0.25) is 17.7 Å². The molecule has 6 aliphatic rings. The van der Waals surface area contributed by atoms with Crippen molar-refractivity contribution in [1.82, 2.24) is 60.9 Å². The van der Waals surface area contributed by atoms with Crippen LogP contribution in [-0.4, -0.2) is 393 Å². The number of aromatic nitrogens is 9. The molecule has 6 bridgehead atoms. The molecule has 10 N–H and O–H groups in total. The number of amides is 3. The van der Waals surface area contributed by atoms with E-state index in [9.17, 15) is 50.1 Å². The van der Waals surface area contributed by atoms with E-state index < -0.39 is 89.9 Å². The fraction of sp³-hybridized carbons (Fsp3) is 0.864. The SMILES string of the molecule is CC(=O)NC1C2OCC(COCCOCCOCCOCCn3cc(COCC(COCc4cn(CCOCCOCCOCCOCC56COC(CC(O)C5O)O6)nn4)(COCc4cn(CCOCCOCCOCCOCC56COC(O5)C(NC(C)=O)C(O)C6O)nn4)NC(=O)CCCO)nn3)(O2)C(O)C1O. The highest BCUT2D eigenvalue weighted by Gasteiger charge is 2.61. The van der Waals surface area contributed by atoms with Gasteiger partial charge in [-0.25, -0.2) is 14.0 Å². The first-order chi connectivity index (χ1) is 52.9. The molecule has 43 heteroatoms. The first kappa shape index (κ1) is 87.7. The normalized spacial score (nSPS) is 27.6. The summed E-state index contributed by atoms with van der Waals surface area (Å²) < 4.78 is 126. The molecule has 0 aliphatic carbocycles. The van der Waals surface area contributed by atoms with Crippen molar-refractivity contribution in [1.29, 1.82) is 0 Å². The second-order valence-electron chi connectivity index (χ2n) is 26.9. The molecule has 0 aromatic carbocycles.